The minimum absolute atomic E-state index is 0.177. The molecule has 1 aromatic carbocycles. The molecule has 0 saturated heterocycles. The maximum Gasteiger partial charge on any atom is 0.460 e. The number of aliphatic carboxylic acids is 1. The van der Waals surface area contributed by atoms with Crippen LogP contribution in [-0.2, 0) is 11.2 Å². The Morgan fingerprint density at radius 2 is 1.06 bits per heavy atom. The third-order valence-corrected chi connectivity index (χ3v) is 4.43. The molecule has 0 saturated carbocycles. The molecule has 0 aliphatic rings. The second-order valence-corrected chi connectivity index (χ2v) is 6.60. The number of alkyl halides is 14. The van der Waals surface area contributed by atoms with Crippen LogP contribution in [0.15, 0.2) is 30.8 Å². The first-order valence-electron chi connectivity index (χ1n) is 8.05. The predicted octanol–water partition coefficient (Wildman–Crippen LogP) is 6.40. The Kier molecular flexibility index (Phi) is 6.94. The van der Waals surface area contributed by atoms with Crippen molar-refractivity contribution in [1.82, 2.24) is 0 Å². The lowest BCUT2D eigenvalue weighted by Crippen LogP contribution is -2.74. The van der Waals surface area contributed by atoms with Crippen LogP contribution in [0.1, 0.15) is 11.1 Å². The fraction of sp³-hybridized carbons (Fsp3) is 0.471. The van der Waals surface area contributed by atoms with E-state index in [4.69, 9.17) is 5.11 Å². The Labute approximate surface area is 174 Å². The lowest BCUT2D eigenvalue weighted by Gasteiger charge is -2.42. The van der Waals surface area contributed by atoms with E-state index >= 15 is 0 Å². The third kappa shape index (κ3) is 4.00. The van der Waals surface area contributed by atoms with E-state index in [0.717, 1.165) is 18.2 Å². The van der Waals surface area contributed by atoms with Gasteiger partial charge in [0.2, 0.25) is 0 Å². The van der Waals surface area contributed by atoms with Crippen molar-refractivity contribution in [3.05, 3.63) is 42.0 Å². The van der Waals surface area contributed by atoms with Crippen molar-refractivity contribution in [1.29, 1.82) is 0 Å². The first-order chi connectivity index (χ1) is 14.5. The molecule has 0 aromatic heterocycles. The number of carboxylic acids is 1. The number of benzene rings is 1. The third-order valence-electron chi connectivity index (χ3n) is 4.43. The summed E-state index contributed by atoms with van der Waals surface area (Å²) in [5, 5.41) is 8.69. The highest BCUT2D eigenvalue weighted by Crippen LogP contribution is 2.62. The summed E-state index contributed by atoms with van der Waals surface area (Å²) in [6.45, 7) is 3.24. The zero-order valence-corrected chi connectivity index (χ0v) is 15.4. The van der Waals surface area contributed by atoms with E-state index in [1.807, 2.05) is 0 Å². The first kappa shape index (κ1) is 28.5. The van der Waals surface area contributed by atoms with Crippen LogP contribution >= 0.6 is 0 Å². The smallest absolute Gasteiger partial charge is 0.460 e. The van der Waals surface area contributed by atoms with Crippen LogP contribution in [-0.4, -0.2) is 52.5 Å². The van der Waals surface area contributed by atoms with Gasteiger partial charge in [0.25, 0.3) is 5.67 Å². The minimum Gasteiger partial charge on any atom is -0.479 e. The molecule has 33 heavy (non-hydrogen) atoms. The molecule has 188 valence electrons. The molecule has 0 amide bonds. The van der Waals surface area contributed by atoms with Gasteiger partial charge in [-0.05, 0) is 11.1 Å². The molecular weight excluding hydrogens is 502 g/mol. The Hall–Kier alpha value is -2.55. The van der Waals surface area contributed by atoms with Crippen LogP contribution in [0.2, 0.25) is 0 Å². The lowest BCUT2D eigenvalue weighted by atomic mass is 9.82. The number of rotatable bonds is 9. The van der Waals surface area contributed by atoms with Crippen molar-refractivity contribution in [3.63, 3.8) is 0 Å². The monoisotopic (exact) mass is 512 g/mol. The molecule has 1 aromatic rings. The van der Waals surface area contributed by atoms with Crippen LogP contribution in [0.5, 0.6) is 0 Å². The van der Waals surface area contributed by atoms with Crippen molar-refractivity contribution in [2.75, 3.05) is 0 Å². The lowest BCUT2D eigenvalue weighted by molar-refractivity contribution is -0.445. The van der Waals surface area contributed by atoms with Gasteiger partial charge in [0.1, 0.15) is 0 Å². The van der Waals surface area contributed by atoms with Crippen LogP contribution in [0.25, 0.3) is 6.08 Å². The highest BCUT2D eigenvalue weighted by Gasteiger charge is 2.93. The number of halogens is 14. The minimum atomic E-state index is -8.30. The van der Waals surface area contributed by atoms with Crippen LogP contribution in [0, 0.1) is 0 Å². The van der Waals surface area contributed by atoms with E-state index < -0.39 is 59.4 Å². The molecule has 0 spiro atoms. The van der Waals surface area contributed by atoms with Gasteiger partial charge >= 0.3 is 41.8 Å². The second kappa shape index (κ2) is 8.04. The molecule has 0 bridgehead atoms. The molecule has 16 heteroatoms. The normalized spacial score (nSPS) is 16.3. The zero-order chi connectivity index (χ0) is 26.5. The first-order valence-corrected chi connectivity index (χ1v) is 8.05. The maximum atomic E-state index is 14.7. The van der Waals surface area contributed by atoms with Gasteiger partial charge in [0.05, 0.1) is 0 Å². The summed E-state index contributed by atoms with van der Waals surface area (Å²) in [4.78, 5) is 11.0. The van der Waals surface area contributed by atoms with Gasteiger partial charge in [-0.15, -0.1) is 0 Å². The fourth-order valence-electron chi connectivity index (χ4n) is 2.39. The zero-order valence-electron chi connectivity index (χ0n) is 15.4. The van der Waals surface area contributed by atoms with E-state index in [2.05, 4.69) is 6.58 Å². The van der Waals surface area contributed by atoms with Crippen molar-refractivity contribution in [2.45, 2.75) is 47.9 Å². The van der Waals surface area contributed by atoms with Gasteiger partial charge in [0.15, 0.2) is 0 Å². The molecule has 1 rings (SSSR count). The van der Waals surface area contributed by atoms with Crippen LogP contribution < -0.4 is 0 Å². The molecule has 0 fully saturated rings. The van der Waals surface area contributed by atoms with Gasteiger partial charge < -0.3 is 5.11 Å². The topological polar surface area (TPSA) is 37.3 Å². The van der Waals surface area contributed by atoms with E-state index in [0.29, 0.717) is 12.1 Å². The second-order valence-electron chi connectivity index (χ2n) is 6.60. The average Bonchev–Trinajstić information content (AvgIpc) is 2.66. The summed E-state index contributed by atoms with van der Waals surface area (Å²) < 4.78 is 186. The largest absolute Gasteiger partial charge is 0.479 e. The molecule has 0 radical (unpaired) electrons. The molecular formula is C17H10F14O2. The summed E-state index contributed by atoms with van der Waals surface area (Å²) >= 11 is 0. The predicted molar refractivity (Wildman–Crippen MR) is 82.5 cm³/mol. The molecule has 1 N–H and O–H groups in total. The van der Waals surface area contributed by atoms with Gasteiger partial charge in [-0.1, -0.05) is 36.9 Å². The Bertz CT molecular complexity index is 888. The maximum absolute atomic E-state index is 14.7. The average molecular weight is 512 g/mol. The number of carboxylic acid groups (broad SMARTS) is 1. The Morgan fingerprint density at radius 1 is 0.697 bits per heavy atom. The SMILES string of the molecule is C=Cc1ccc(CC(F)(C(=O)O)C(F)(F)C(F)(F)C(F)(F)C(F)(F)C(F)(F)C(F)(F)F)cc1. The van der Waals surface area contributed by atoms with Gasteiger partial charge in [0, 0.05) is 6.42 Å². The Balaban J connectivity index is 3.67. The van der Waals surface area contributed by atoms with Gasteiger partial charge in [-0.3, -0.25) is 0 Å². The molecule has 0 aliphatic heterocycles. The molecule has 0 heterocycles. The fourth-order valence-corrected chi connectivity index (χ4v) is 2.39. The number of carbonyl (C=O) groups is 1. The Morgan fingerprint density at radius 3 is 1.39 bits per heavy atom. The van der Waals surface area contributed by atoms with E-state index in [1.54, 1.807) is 0 Å². The number of hydrogen-bond donors (Lipinski definition) is 1. The summed E-state index contributed by atoms with van der Waals surface area (Å²) in [6, 6.07) is 3.08. The van der Waals surface area contributed by atoms with Crippen molar-refractivity contribution in [3.8, 4) is 0 Å². The van der Waals surface area contributed by atoms with Crippen molar-refractivity contribution in [2.24, 2.45) is 0 Å². The summed E-state index contributed by atoms with van der Waals surface area (Å²) in [5.41, 5.74) is -6.60. The molecule has 1 unspecified atom stereocenters. The summed E-state index contributed by atoms with van der Waals surface area (Å²) in [7, 11) is 0. The van der Waals surface area contributed by atoms with Crippen LogP contribution in [0.4, 0.5) is 61.5 Å². The van der Waals surface area contributed by atoms with Crippen molar-refractivity contribution < 1.29 is 71.4 Å². The van der Waals surface area contributed by atoms with E-state index in [-0.39, 0.29) is 5.56 Å². The quantitative estimate of drug-likeness (QED) is 0.389. The number of hydrogen-bond acceptors (Lipinski definition) is 1. The molecule has 2 nitrogen and oxygen atoms in total. The summed E-state index contributed by atoms with van der Waals surface area (Å²) in [6.07, 6.45) is -8.94. The standard InChI is InChI=1S/C17H10F14O2/c1-2-8-3-5-9(6-4-8)7-11(18,10(32)33)12(19,20)13(21,22)14(23,24)15(25,26)16(27,28)17(29,30)31/h2-6H,1,7H2,(H,32,33). The summed E-state index contributed by atoms with van der Waals surface area (Å²) in [5.74, 6) is -43.7. The van der Waals surface area contributed by atoms with Crippen molar-refractivity contribution >= 4 is 12.0 Å². The molecule has 1 atom stereocenters. The van der Waals surface area contributed by atoms with E-state index in [9.17, 15) is 66.3 Å². The van der Waals surface area contributed by atoms with Gasteiger partial charge in [-0.25, -0.2) is 9.18 Å². The van der Waals surface area contributed by atoms with Gasteiger partial charge in [-0.2, -0.15) is 57.1 Å². The van der Waals surface area contributed by atoms with Crippen LogP contribution in [0.3, 0.4) is 0 Å². The molecule has 0 aliphatic carbocycles. The highest BCUT2D eigenvalue weighted by molar-refractivity contribution is 5.80. The van der Waals surface area contributed by atoms with E-state index in [1.165, 1.54) is 0 Å². The highest BCUT2D eigenvalue weighted by atomic mass is 19.4.